The molecule has 1 aliphatic carbocycles. The third kappa shape index (κ3) is 2.75. The quantitative estimate of drug-likeness (QED) is 0.487. The van der Waals surface area contributed by atoms with Gasteiger partial charge < -0.3 is 15.7 Å². The summed E-state index contributed by atoms with van der Waals surface area (Å²) in [6.45, 7) is 5.57. The highest BCUT2D eigenvalue weighted by Crippen LogP contribution is 2.51. The Morgan fingerprint density at radius 2 is 1.77 bits per heavy atom. The largest absolute Gasteiger partial charge is 0.387 e. The van der Waals surface area contributed by atoms with Crippen LogP contribution in [0, 0.1) is 25.7 Å². The lowest BCUT2D eigenvalue weighted by atomic mass is 9.75. The molecule has 1 aromatic carbocycles. The van der Waals surface area contributed by atoms with Gasteiger partial charge in [-0.05, 0) is 45.2 Å². The molecule has 3 fully saturated rings. The molecule has 0 unspecified atom stereocenters. The molecule has 5 rings (SSSR count). The number of amides is 3. The van der Waals surface area contributed by atoms with E-state index in [0.29, 0.717) is 0 Å². The third-order valence-electron chi connectivity index (χ3n) is 8.03. The molecule has 0 bridgehead atoms. The van der Waals surface area contributed by atoms with Crippen LogP contribution in [0.15, 0.2) is 12.1 Å². The summed E-state index contributed by atoms with van der Waals surface area (Å²) in [7, 11) is 0. The smallest absolute Gasteiger partial charge is 0.291 e. The number of carbonyl (C=O) groups excluding carboxylic acids is 3. The number of nitrogens with one attached hydrogen (secondary N) is 1. The number of aliphatic hydroxyl groups is 1. The van der Waals surface area contributed by atoms with Gasteiger partial charge in [-0.25, -0.2) is 0 Å². The minimum absolute atomic E-state index is 0.0945. The molecule has 0 aromatic heterocycles. The predicted molar refractivity (Wildman–Crippen MR) is 114 cm³/mol. The fraction of sp³-hybridized carbons (Fsp3) is 0.625. The van der Waals surface area contributed by atoms with E-state index in [4.69, 9.17) is 0 Å². The molecule has 7 nitrogen and oxygen atoms in total. The molecule has 31 heavy (non-hydrogen) atoms. The number of nitrogens with zero attached hydrogens (tertiary/aromatic N) is 1. The zero-order valence-corrected chi connectivity index (χ0v) is 18.5. The normalized spacial score (nSPS) is 34.1. The first-order chi connectivity index (χ1) is 14.8. The molecule has 3 amide bonds. The highest BCUT2D eigenvalue weighted by atomic mass is 16.3. The fourth-order valence-corrected chi connectivity index (χ4v) is 6.68. The number of aryl methyl sites for hydroxylation is 2. The van der Waals surface area contributed by atoms with Gasteiger partial charge in [-0.3, -0.25) is 19.3 Å². The summed E-state index contributed by atoms with van der Waals surface area (Å²) in [6.07, 6.45) is 5.11. The standard InChI is InChI=1S/C24H31N3O4/c1-12-10-13(2)19-16(11-12)24(23(31)25-19)18-17(20(26-24)14(3)28)21(29)27(22(18)30)15-8-6-4-5-7-9-15/h10-11,14-15,17-18,20,26,28H,4-9H2,1-3H3,(H,25,31)/p+1/t14-,17+,18+,20+,24-/m1/s1. The molecule has 4 N–H and O–H groups in total. The van der Waals surface area contributed by atoms with E-state index in [1.54, 1.807) is 6.92 Å². The van der Waals surface area contributed by atoms with Crippen molar-refractivity contribution >= 4 is 23.4 Å². The average Bonchev–Trinajstić information content (AvgIpc) is 3.18. The molecule has 2 saturated heterocycles. The van der Waals surface area contributed by atoms with Crippen molar-refractivity contribution in [3.63, 3.8) is 0 Å². The van der Waals surface area contributed by atoms with E-state index in [0.717, 1.165) is 60.9 Å². The van der Waals surface area contributed by atoms with Crippen LogP contribution in [0.4, 0.5) is 5.69 Å². The van der Waals surface area contributed by atoms with E-state index in [9.17, 15) is 19.5 Å². The minimum atomic E-state index is -1.20. The summed E-state index contributed by atoms with van der Waals surface area (Å²) in [4.78, 5) is 42.5. The Balaban J connectivity index is 1.65. The van der Waals surface area contributed by atoms with Crippen LogP contribution >= 0.6 is 0 Å². The first-order valence-electron chi connectivity index (χ1n) is 11.6. The van der Waals surface area contributed by atoms with Gasteiger partial charge in [-0.2, -0.15) is 0 Å². The molecule has 3 aliphatic heterocycles. The topological polar surface area (TPSA) is 103 Å². The molecule has 1 saturated carbocycles. The number of anilines is 1. The number of nitrogens with two attached hydrogens (primary N) is 1. The van der Waals surface area contributed by atoms with Crippen LogP contribution in [-0.4, -0.2) is 45.9 Å². The number of imide groups is 1. The van der Waals surface area contributed by atoms with Gasteiger partial charge in [0, 0.05) is 11.6 Å². The number of hydrogen-bond donors (Lipinski definition) is 3. The highest BCUT2D eigenvalue weighted by molar-refractivity contribution is 6.14. The van der Waals surface area contributed by atoms with Crippen molar-refractivity contribution in [2.75, 3.05) is 5.32 Å². The molecule has 166 valence electrons. The SMILES string of the molecule is Cc1cc(C)c2c(c1)[C@]1([NH2+][C@@H]([C@@H](C)O)[C@H]3C(=O)N(C4CCCCCC4)C(=O)[C@H]31)C(=O)N2. The maximum absolute atomic E-state index is 13.9. The lowest BCUT2D eigenvalue weighted by Gasteiger charge is -2.30. The van der Waals surface area contributed by atoms with E-state index in [1.807, 2.05) is 31.3 Å². The van der Waals surface area contributed by atoms with Gasteiger partial charge in [0.15, 0.2) is 0 Å². The molecule has 1 aromatic rings. The fourth-order valence-electron chi connectivity index (χ4n) is 6.68. The van der Waals surface area contributed by atoms with E-state index < -0.39 is 29.5 Å². The lowest BCUT2D eigenvalue weighted by Crippen LogP contribution is -3.00. The van der Waals surface area contributed by atoms with Crippen LogP contribution in [0.5, 0.6) is 0 Å². The number of hydrogen-bond acceptors (Lipinski definition) is 4. The minimum Gasteiger partial charge on any atom is -0.387 e. The third-order valence-corrected chi connectivity index (χ3v) is 8.03. The molecule has 5 atom stereocenters. The number of carbonyl (C=O) groups is 3. The van der Waals surface area contributed by atoms with Crippen molar-refractivity contribution in [3.8, 4) is 0 Å². The molecule has 7 heteroatoms. The zero-order chi connectivity index (χ0) is 22.1. The first-order valence-corrected chi connectivity index (χ1v) is 11.6. The Bertz CT molecular complexity index is 966. The van der Waals surface area contributed by atoms with Crippen molar-refractivity contribution in [2.24, 2.45) is 11.8 Å². The van der Waals surface area contributed by atoms with Crippen molar-refractivity contribution < 1.29 is 24.8 Å². The summed E-state index contributed by atoms with van der Waals surface area (Å²) < 4.78 is 0. The Labute approximate surface area is 182 Å². The van der Waals surface area contributed by atoms with Crippen molar-refractivity contribution in [3.05, 3.63) is 28.8 Å². The second-order valence-corrected chi connectivity index (χ2v) is 10.0. The lowest BCUT2D eigenvalue weighted by molar-refractivity contribution is -0.738. The Morgan fingerprint density at radius 3 is 2.42 bits per heavy atom. The van der Waals surface area contributed by atoms with Gasteiger partial charge >= 0.3 is 0 Å². The summed E-state index contributed by atoms with van der Waals surface area (Å²) in [5, 5.41) is 15.4. The maximum atomic E-state index is 13.9. The van der Waals surface area contributed by atoms with Gasteiger partial charge in [0.25, 0.3) is 5.91 Å². The first kappa shape index (κ1) is 20.6. The van der Waals surface area contributed by atoms with Crippen LogP contribution in [-0.2, 0) is 19.9 Å². The average molecular weight is 427 g/mol. The van der Waals surface area contributed by atoms with Gasteiger partial charge in [-0.1, -0.05) is 37.3 Å². The van der Waals surface area contributed by atoms with Gasteiger partial charge in [0.05, 0.1) is 5.69 Å². The second-order valence-electron chi connectivity index (χ2n) is 10.0. The second kappa shape index (κ2) is 7.14. The molecule has 1 spiro atoms. The highest BCUT2D eigenvalue weighted by Gasteiger charge is 2.75. The number of benzene rings is 1. The Morgan fingerprint density at radius 1 is 1.10 bits per heavy atom. The molecular weight excluding hydrogens is 394 g/mol. The predicted octanol–water partition coefficient (Wildman–Crippen LogP) is 1.10. The van der Waals surface area contributed by atoms with E-state index >= 15 is 0 Å². The Kier molecular flexibility index (Phi) is 4.75. The number of rotatable bonds is 2. The van der Waals surface area contributed by atoms with Crippen LogP contribution < -0.4 is 10.6 Å². The van der Waals surface area contributed by atoms with Crippen molar-refractivity contribution in [2.45, 2.75) is 83.0 Å². The number of aliphatic hydroxyl groups excluding tert-OH is 1. The summed E-state index contributed by atoms with van der Waals surface area (Å²) in [5.74, 6) is -2.16. The van der Waals surface area contributed by atoms with Crippen LogP contribution in [0.2, 0.25) is 0 Å². The Hall–Kier alpha value is -2.25. The van der Waals surface area contributed by atoms with Crippen LogP contribution in [0.1, 0.15) is 62.1 Å². The van der Waals surface area contributed by atoms with E-state index in [2.05, 4.69) is 5.32 Å². The van der Waals surface area contributed by atoms with Crippen molar-refractivity contribution in [1.29, 1.82) is 0 Å². The number of likely N-dealkylation sites (tertiary alicyclic amines) is 1. The van der Waals surface area contributed by atoms with Gasteiger partial charge in [-0.15, -0.1) is 0 Å². The zero-order valence-electron chi connectivity index (χ0n) is 18.5. The van der Waals surface area contributed by atoms with Crippen LogP contribution in [0.3, 0.4) is 0 Å². The van der Waals surface area contributed by atoms with Crippen LogP contribution in [0.25, 0.3) is 0 Å². The molecule has 0 radical (unpaired) electrons. The monoisotopic (exact) mass is 426 g/mol. The summed E-state index contributed by atoms with van der Waals surface area (Å²) >= 11 is 0. The molecule has 3 heterocycles. The number of quaternary nitrogens is 1. The van der Waals surface area contributed by atoms with E-state index in [-0.39, 0.29) is 23.8 Å². The maximum Gasteiger partial charge on any atom is 0.291 e. The summed E-state index contributed by atoms with van der Waals surface area (Å²) in [6, 6.07) is 3.35. The summed E-state index contributed by atoms with van der Waals surface area (Å²) in [5.41, 5.74) is 2.27. The van der Waals surface area contributed by atoms with E-state index in [1.165, 1.54) is 4.90 Å². The van der Waals surface area contributed by atoms with Gasteiger partial charge in [0.1, 0.15) is 24.0 Å². The van der Waals surface area contributed by atoms with Crippen molar-refractivity contribution in [1.82, 2.24) is 4.90 Å². The van der Waals surface area contributed by atoms with Gasteiger partial charge in [0.2, 0.25) is 17.4 Å². The molecule has 4 aliphatic rings. The molecular formula is C24H32N3O4+. The number of fused-ring (bicyclic) bond motifs is 4.